The first kappa shape index (κ1) is 36.1. The van der Waals surface area contributed by atoms with Crippen molar-refractivity contribution in [2.75, 3.05) is 26.2 Å². The van der Waals surface area contributed by atoms with E-state index in [0.717, 1.165) is 59.3 Å². The number of hydrogen-bond donors (Lipinski definition) is 4. The Hall–Kier alpha value is -4.88. The highest BCUT2D eigenvalue weighted by Crippen LogP contribution is 2.55. The van der Waals surface area contributed by atoms with Crippen molar-refractivity contribution < 1.29 is 27.2 Å². The first-order valence-electron chi connectivity index (χ1n) is 18.9. The largest absolute Gasteiger partial charge is 0.340 e. The standard InChI is InChI=1S/C40H46F4N8O2/c1-37(11-12-37)31(49-35(53)51-19-15-39(41,42)16-20-51)33-45-23-29(47-33)27-7-3-25(4-8-27)26-5-9-28(10-6-26)30-24-46-34(48-30)32(38(2)13-14-38)50-36(54)52-21-17-40(43,44)18-22-52/h3-10,23-24,31-32H,11-22H2,1-2H3,(H,45,47)(H,46,48)(H,49,53)(H,50,54). The molecule has 2 saturated carbocycles. The Labute approximate surface area is 311 Å². The summed E-state index contributed by atoms with van der Waals surface area (Å²) in [7, 11) is 0. The van der Waals surface area contributed by atoms with Gasteiger partial charge in [-0.25, -0.2) is 37.1 Å². The van der Waals surface area contributed by atoms with Gasteiger partial charge in [0.2, 0.25) is 0 Å². The van der Waals surface area contributed by atoms with Crippen molar-refractivity contribution in [1.82, 2.24) is 40.4 Å². The Morgan fingerprint density at radius 2 is 0.889 bits per heavy atom. The van der Waals surface area contributed by atoms with Gasteiger partial charge in [-0.2, -0.15) is 0 Å². The van der Waals surface area contributed by atoms with Crippen LogP contribution in [-0.2, 0) is 0 Å². The molecule has 14 heteroatoms. The Morgan fingerprint density at radius 3 is 1.20 bits per heavy atom. The number of rotatable bonds is 9. The average Bonchev–Trinajstić information content (AvgIpc) is 3.93. The van der Waals surface area contributed by atoms with Crippen LogP contribution in [0.15, 0.2) is 60.9 Å². The van der Waals surface area contributed by atoms with E-state index in [-0.39, 0.29) is 86.8 Å². The van der Waals surface area contributed by atoms with E-state index in [2.05, 4.69) is 44.4 Å². The molecule has 10 nitrogen and oxygen atoms in total. The van der Waals surface area contributed by atoms with Gasteiger partial charge in [-0.15, -0.1) is 0 Å². The van der Waals surface area contributed by atoms with Crippen LogP contribution in [0.25, 0.3) is 33.6 Å². The smallest absolute Gasteiger partial charge is 0.318 e. The van der Waals surface area contributed by atoms with Crippen LogP contribution >= 0.6 is 0 Å². The number of imidazole rings is 2. The van der Waals surface area contributed by atoms with Crippen molar-refractivity contribution in [3.63, 3.8) is 0 Å². The molecule has 0 radical (unpaired) electrons. The van der Waals surface area contributed by atoms with E-state index in [1.807, 2.05) is 48.5 Å². The minimum atomic E-state index is -2.72. The van der Waals surface area contributed by atoms with Gasteiger partial charge in [0.05, 0.1) is 35.9 Å². The molecule has 2 atom stereocenters. The maximum Gasteiger partial charge on any atom is 0.318 e. The van der Waals surface area contributed by atoms with E-state index in [1.165, 1.54) is 9.80 Å². The number of amides is 4. The number of carbonyl (C=O) groups is 2. The van der Waals surface area contributed by atoms with Crippen molar-refractivity contribution in [3.05, 3.63) is 72.6 Å². The third kappa shape index (κ3) is 7.56. The molecule has 4 aliphatic rings. The average molecular weight is 747 g/mol. The number of urea groups is 2. The summed E-state index contributed by atoms with van der Waals surface area (Å²) in [5.74, 6) is -4.14. The number of H-pyrrole nitrogens is 2. The van der Waals surface area contributed by atoms with Gasteiger partial charge in [-0.05, 0) is 58.8 Å². The highest BCUT2D eigenvalue weighted by atomic mass is 19.3. The molecule has 0 spiro atoms. The first-order chi connectivity index (χ1) is 25.7. The minimum absolute atomic E-state index is 0.0289. The number of carbonyl (C=O) groups excluding carboxylic acids is 2. The zero-order valence-electron chi connectivity index (χ0n) is 30.5. The predicted molar refractivity (Wildman–Crippen MR) is 196 cm³/mol. The van der Waals surface area contributed by atoms with Gasteiger partial charge < -0.3 is 30.4 Å². The first-order valence-corrected chi connectivity index (χ1v) is 18.9. The van der Waals surface area contributed by atoms with Crippen LogP contribution in [0.1, 0.15) is 88.9 Å². The summed E-state index contributed by atoms with van der Waals surface area (Å²) >= 11 is 0. The number of nitrogens with one attached hydrogen (secondary N) is 4. The molecule has 4 amide bonds. The maximum absolute atomic E-state index is 13.7. The number of piperidine rings is 2. The summed E-state index contributed by atoms with van der Waals surface area (Å²) in [5.41, 5.74) is 5.26. The number of halogens is 4. The second-order valence-electron chi connectivity index (χ2n) is 16.3. The molecule has 2 aromatic carbocycles. The van der Waals surface area contributed by atoms with Crippen LogP contribution in [0, 0.1) is 10.8 Å². The number of likely N-dealkylation sites (tertiary alicyclic amines) is 2. The van der Waals surface area contributed by atoms with Crippen LogP contribution in [0.4, 0.5) is 27.2 Å². The highest BCUT2D eigenvalue weighted by molar-refractivity contribution is 5.76. The molecular weight excluding hydrogens is 700 g/mol. The molecule has 4 heterocycles. The van der Waals surface area contributed by atoms with Gasteiger partial charge in [0.1, 0.15) is 11.6 Å². The summed E-state index contributed by atoms with van der Waals surface area (Å²) in [6, 6.07) is 14.9. The van der Waals surface area contributed by atoms with Crippen LogP contribution in [-0.4, -0.2) is 79.8 Å². The van der Waals surface area contributed by atoms with E-state index in [1.54, 1.807) is 12.4 Å². The Bertz CT molecular complexity index is 1840. The minimum Gasteiger partial charge on any atom is -0.340 e. The topological polar surface area (TPSA) is 122 Å². The lowest BCUT2D eigenvalue weighted by Gasteiger charge is -2.33. The molecule has 286 valence electrons. The van der Waals surface area contributed by atoms with E-state index < -0.39 is 11.8 Å². The summed E-state index contributed by atoms with van der Waals surface area (Å²) in [4.78, 5) is 45.2. The quantitative estimate of drug-likeness (QED) is 0.128. The van der Waals surface area contributed by atoms with Crippen molar-refractivity contribution >= 4 is 12.1 Å². The van der Waals surface area contributed by atoms with Gasteiger partial charge in [0, 0.05) is 51.9 Å². The summed E-state index contributed by atoms with van der Waals surface area (Å²) < 4.78 is 54.7. The van der Waals surface area contributed by atoms with Crippen molar-refractivity contribution in [1.29, 1.82) is 0 Å². The van der Waals surface area contributed by atoms with E-state index in [0.29, 0.717) is 11.6 Å². The summed E-state index contributed by atoms with van der Waals surface area (Å²) in [6.45, 7) is 4.32. The van der Waals surface area contributed by atoms with Gasteiger partial charge in [-0.1, -0.05) is 62.4 Å². The zero-order chi connectivity index (χ0) is 37.9. The summed E-state index contributed by atoms with van der Waals surface area (Å²) in [6.07, 6.45) is 5.98. The number of aromatic nitrogens is 4. The molecule has 4 N–H and O–H groups in total. The normalized spacial score (nSPS) is 21.9. The van der Waals surface area contributed by atoms with E-state index in [4.69, 9.17) is 0 Å². The molecule has 4 aromatic rings. The van der Waals surface area contributed by atoms with Gasteiger partial charge in [-0.3, -0.25) is 0 Å². The van der Waals surface area contributed by atoms with Crippen molar-refractivity contribution in [3.8, 4) is 33.6 Å². The van der Waals surface area contributed by atoms with Gasteiger partial charge in [0.15, 0.2) is 0 Å². The third-order valence-corrected chi connectivity index (χ3v) is 12.0. The summed E-state index contributed by atoms with van der Waals surface area (Å²) in [5, 5.41) is 6.17. The molecule has 4 fully saturated rings. The fourth-order valence-electron chi connectivity index (χ4n) is 7.56. The van der Waals surface area contributed by atoms with Gasteiger partial charge in [0.25, 0.3) is 11.8 Å². The Kier molecular flexibility index (Phi) is 9.00. The Balaban J connectivity index is 0.914. The number of nitrogens with zero attached hydrogens (tertiary/aromatic N) is 4. The molecule has 2 saturated heterocycles. The fraction of sp³-hybridized carbons (Fsp3) is 0.500. The number of alkyl halides is 4. The predicted octanol–water partition coefficient (Wildman–Crippen LogP) is 8.70. The van der Waals surface area contributed by atoms with Crippen LogP contribution in [0.2, 0.25) is 0 Å². The molecule has 8 rings (SSSR count). The maximum atomic E-state index is 13.7. The molecule has 0 bridgehead atoms. The lowest BCUT2D eigenvalue weighted by molar-refractivity contribution is -0.0480. The zero-order valence-corrected chi connectivity index (χ0v) is 30.5. The van der Waals surface area contributed by atoms with E-state index in [9.17, 15) is 27.2 Å². The lowest BCUT2D eigenvalue weighted by atomic mass is 9.98. The second-order valence-corrected chi connectivity index (χ2v) is 16.3. The molecule has 2 aliphatic carbocycles. The second kappa shape index (κ2) is 13.5. The monoisotopic (exact) mass is 746 g/mol. The molecule has 2 unspecified atom stereocenters. The van der Waals surface area contributed by atoms with Gasteiger partial charge >= 0.3 is 12.1 Å². The fourth-order valence-corrected chi connectivity index (χ4v) is 7.56. The molecule has 54 heavy (non-hydrogen) atoms. The SMILES string of the molecule is CC1(C(NC(=O)N2CCC(F)(F)CC2)c2ncc(-c3ccc(-c4ccc(-c5cnc(C(NC(=O)N6CCC(F)(F)CC6)C6(C)CC6)[nH]5)cc4)cc3)[nH]2)CC1. The third-order valence-electron chi connectivity index (χ3n) is 12.0. The highest BCUT2D eigenvalue weighted by Gasteiger charge is 2.49. The van der Waals surface area contributed by atoms with Crippen LogP contribution < -0.4 is 10.6 Å². The molecule has 2 aromatic heterocycles. The number of aromatic amines is 2. The van der Waals surface area contributed by atoms with Crippen LogP contribution in [0.5, 0.6) is 0 Å². The van der Waals surface area contributed by atoms with Crippen LogP contribution in [0.3, 0.4) is 0 Å². The van der Waals surface area contributed by atoms with Crippen molar-refractivity contribution in [2.24, 2.45) is 10.8 Å². The lowest BCUT2D eigenvalue weighted by Crippen LogP contribution is -2.49. The number of hydrogen-bond acceptors (Lipinski definition) is 4. The van der Waals surface area contributed by atoms with E-state index >= 15 is 0 Å². The molecule has 2 aliphatic heterocycles. The Morgan fingerprint density at radius 1 is 0.574 bits per heavy atom. The molecular formula is C40H46F4N8O2. The number of benzene rings is 2. The van der Waals surface area contributed by atoms with Crippen molar-refractivity contribution in [2.45, 2.75) is 89.1 Å².